The normalized spacial score (nSPS) is 19.7. The number of hydrogen-bond donors (Lipinski definition) is 2. The van der Waals surface area contributed by atoms with Crippen LogP contribution in [0.15, 0.2) is 121 Å². The molecule has 0 saturated carbocycles. The van der Waals surface area contributed by atoms with E-state index in [1.54, 1.807) is 20.8 Å². The lowest BCUT2D eigenvalue weighted by Gasteiger charge is -2.46. The Labute approximate surface area is 343 Å². The van der Waals surface area contributed by atoms with E-state index in [1.807, 2.05) is 121 Å². The molecule has 0 bridgehead atoms. The molecule has 4 aromatic carbocycles. The van der Waals surface area contributed by atoms with Crippen LogP contribution in [0, 0.1) is 0 Å². The van der Waals surface area contributed by atoms with E-state index in [2.05, 4.69) is 20.8 Å². The van der Waals surface area contributed by atoms with Crippen molar-refractivity contribution in [3.8, 4) is 6.01 Å². The molecule has 15 nitrogen and oxygen atoms in total. The van der Waals surface area contributed by atoms with Gasteiger partial charge >= 0.3 is 18.1 Å². The Kier molecular flexibility index (Phi) is 15.5. The molecular weight excluding hydrogens is 759 g/mol. The number of amides is 1. The molecule has 0 aliphatic carbocycles. The lowest BCUT2D eigenvalue weighted by Crippen LogP contribution is -2.62. The molecule has 59 heavy (non-hydrogen) atoms. The fraction of sp³-hybridized carbons (Fsp3) is 0.386. The molecule has 0 spiro atoms. The van der Waals surface area contributed by atoms with Crippen molar-refractivity contribution < 1.29 is 47.9 Å². The lowest BCUT2D eigenvalue weighted by molar-refractivity contribution is -0.275. The van der Waals surface area contributed by atoms with Crippen molar-refractivity contribution in [2.45, 2.75) is 95.9 Å². The van der Waals surface area contributed by atoms with Crippen molar-refractivity contribution in [1.82, 2.24) is 25.5 Å². The first-order valence-electron chi connectivity index (χ1n) is 19.5. The highest BCUT2D eigenvalue weighted by molar-refractivity contribution is 5.80. The third-order valence-corrected chi connectivity index (χ3v) is 9.20. The molecule has 1 saturated heterocycles. The highest BCUT2D eigenvalue weighted by Gasteiger charge is 2.49. The number of aliphatic carboxylic acids is 1. The Balaban J connectivity index is 1.29. The van der Waals surface area contributed by atoms with Gasteiger partial charge in [0, 0.05) is 0 Å². The summed E-state index contributed by atoms with van der Waals surface area (Å²) in [5.41, 5.74) is 3.03. The van der Waals surface area contributed by atoms with Crippen LogP contribution in [0.4, 0.5) is 4.79 Å². The molecule has 5 aromatic rings. The molecule has 312 valence electrons. The molecule has 1 aromatic heterocycles. The first-order valence-corrected chi connectivity index (χ1v) is 19.5. The highest BCUT2D eigenvalue weighted by Crippen LogP contribution is 2.32. The zero-order valence-electron chi connectivity index (χ0n) is 33.4. The Morgan fingerprint density at radius 1 is 0.712 bits per heavy atom. The predicted molar refractivity (Wildman–Crippen MR) is 214 cm³/mol. The van der Waals surface area contributed by atoms with Crippen molar-refractivity contribution in [3.63, 3.8) is 0 Å². The van der Waals surface area contributed by atoms with Gasteiger partial charge in [-0.2, -0.15) is 4.68 Å². The lowest BCUT2D eigenvalue weighted by atomic mass is 9.93. The van der Waals surface area contributed by atoms with Crippen LogP contribution in [0.3, 0.4) is 0 Å². The summed E-state index contributed by atoms with van der Waals surface area (Å²) in [5.74, 6) is -1.34. The average molecular weight is 810 g/mol. The van der Waals surface area contributed by atoms with Crippen LogP contribution in [-0.4, -0.2) is 92.8 Å². The van der Waals surface area contributed by atoms with Crippen LogP contribution < -0.4 is 10.1 Å². The zero-order chi connectivity index (χ0) is 41.5. The van der Waals surface area contributed by atoms with Crippen LogP contribution in [0.25, 0.3) is 0 Å². The highest BCUT2D eigenvalue weighted by atomic mass is 16.6. The van der Waals surface area contributed by atoms with Crippen molar-refractivity contribution in [2.24, 2.45) is 0 Å². The Bertz CT molecular complexity index is 2000. The monoisotopic (exact) mass is 809 g/mol. The number of aromatic nitrogens is 4. The average Bonchev–Trinajstić information content (AvgIpc) is 3.68. The molecule has 0 radical (unpaired) electrons. The largest absolute Gasteiger partial charge is 0.480 e. The maximum absolute atomic E-state index is 12.4. The Morgan fingerprint density at radius 2 is 1.19 bits per heavy atom. The van der Waals surface area contributed by atoms with Gasteiger partial charge in [0.25, 0.3) is 0 Å². The molecule has 0 unspecified atom stereocenters. The van der Waals surface area contributed by atoms with Crippen molar-refractivity contribution in [1.29, 1.82) is 0 Å². The van der Waals surface area contributed by atoms with Gasteiger partial charge in [0.1, 0.15) is 42.7 Å². The number of tetrazole rings is 1. The van der Waals surface area contributed by atoms with Gasteiger partial charge in [-0.1, -0.05) is 126 Å². The summed E-state index contributed by atoms with van der Waals surface area (Å²) >= 11 is 0. The molecule has 1 aliphatic heterocycles. The number of ether oxygens (including phenoxy) is 7. The van der Waals surface area contributed by atoms with E-state index < -0.39 is 60.8 Å². The fourth-order valence-electron chi connectivity index (χ4n) is 6.40. The summed E-state index contributed by atoms with van der Waals surface area (Å²) in [5, 5.41) is 24.2. The second kappa shape index (κ2) is 21.3. The molecule has 1 amide bonds. The number of carbonyl (C=O) groups excluding carboxylic acids is 1. The molecule has 2 N–H and O–H groups in total. The number of carboxylic acids is 1. The van der Waals surface area contributed by atoms with Gasteiger partial charge in [0.15, 0.2) is 6.04 Å². The minimum absolute atomic E-state index is 0.00477. The molecular formula is C44H51N5O10. The standard InChI is InChI=1S/C44H51N5O10/c1-44(2,3)59-43(52)45-35(41(50)51)29-57-42-46-47-48-49(42)24-36-38(54-26-32-18-10-5-11-19-32)40(56-28-34-22-14-7-15-23-34)39(55-27-33-20-12-6-13-21-33)37(58-36)30-53-25-31-16-8-4-9-17-31/h4-23,35-40H,24-30H2,1-3H3,(H,45,52)(H,50,51)/t35-,36+,37+,38-,39-,40+/m0/s1. The van der Waals surface area contributed by atoms with Gasteiger partial charge in [-0.3, -0.25) is 0 Å². The van der Waals surface area contributed by atoms with Crippen molar-refractivity contribution in [3.05, 3.63) is 144 Å². The number of hydrogen-bond acceptors (Lipinski definition) is 12. The number of carbonyl (C=O) groups is 2. The minimum Gasteiger partial charge on any atom is -0.480 e. The summed E-state index contributed by atoms with van der Waals surface area (Å²) in [6, 6.07) is 37.7. The maximum atomic E-state index is 12.4. The summed E-state index contributed by atoms with van der Waals surface area (Å²) < 4.78 is 45.9. The van der Waals surface area contributed by atoms with Gasteiger partial charge in [-0.05, 0) is 53.5 Å². The number of benzene rings is 4. The fourth-order valence-corrected chi connectivity index (χ4v) is 6.40. The second-order valence-electron chi connectivity index (χ2n) is 15.0. The SMILES string of the molecule is CC(C)(C)OC(=O)N[C@@H](COc1nnnn1C[C@H]1O[C@H](COCc2ccccc2)[C@H](OCc2ccccc2)[C@H](OCc2ccccc2)[C@H]1OCc1ccccc1)C(=O)O. The third kappa shape index (κ3) is 13.4. The third-order valence-electron chi connectivity index (χ3n) is 9.20. The Hall–Kier alpha value is -5.71. The molecule has 6 atom stereocenters. The van der Waals surface area contributed by atoms with Gasteiger partial charge in [-0.15, -0.1) is 0 Å². The molecule has 2 heterocycles. The van der Waals surface area contributed by atoms with E-state index in [0.29, 0.717) is 6.61 Å². The number of rotatable bonds is 20. The summed E-state index contributed by atoms with van der Waals surface area (Å²) in [4.78, 5) is 24.5. The van der Waals surface area contributed by atoms with Crippen LogP contribution >= 0.6 is 0 Å². The van der Waals surface area contributed by atoms with Gasteiger partial charge in [0.2, 0.25) is 0 Å². The second-order valence-corrected chi connectivity index (χ2v) is 15.0. The van der Waals surface area contributed by atoms with E-state index in [4.69, 9.17) is 33.2 Å². The first kappa shape index (κ1) is 42.9. The maximum Gasteiger partial charge on any atom is 0.408 e. The van der Waals surface area contributed by atoms with E-state index in [-0.39, 0.29) is 39.0 Å². The topological polar surface area (TPSA) is 175 Å². The van der Waals surface area contributed by atoms with Crippen LogP contribution in [-0.2, 0) is 66.2 Å². The number of alkyl carbamates (subject to hydrolysis) is 1. The summed E-state index contributed by atoms with van der Waals surface area (Å²) in [6.45, 7) is 5.78. The summed E-state index contributed by atoms with van der Waals surface area (Å²) in [7, 11) is 0. The van der Waals surface area contributed by atoms with E-state index >= 15 is 0 Å². The number of carboxylic acid groups (broad SMARTS) is 1. The smallest absolute Gasteiger partial charge is 0.408 e. The molecule has 1 aliphatic rings. The summed E-state index contributed by atoms with van der Waals surface area (Å²) in [6.07, 6.45) is -4.42. The quantitative estimate of drug-likeness (QED) is 0.0971. The van der Waals surface area contributed by atoms with E-state index in [9.17, 15) is 14.7 Å². The van der Waals surface area contributed by atoms with Crippen molar-refractivity contribution >= 4 is 12.1 Å². The van der Waals surface area contributed by atoms with Gasteiger partial charge in [0.05, 0.1) is 39.6 Å². The van der Waals surface area contributed by atoms with E-state index in [1.165, 1.54) is 4.68 Å². The van der Waals surface area contributed by atoms with Gasteiger partial charge < -0.3 is 43.6 Å². The predicted octanol–water partition coefficient (Wildman–Crippen LogP) is 5.77. The van der Waals surface area contributed by atoms with Crippen LogP contribution in [0.2, 0.25) is 0 Å². The van der Waals surface area contributed by atoms with E-state index in [0.717, 1.165) is 22.3 Å². The molecule has 6 rings (SSSR count). The first-order chi connectivity index (χ1) is 28.6. The minimum atomic E-state index is -1.47. The number of nitrogens with one attached hydrogen (secondary N) is 1. The van der Waals surface area contributed by atoms with Crippen LogP contribution in [0.5, 0.6) is 6.01 Å². The molecule has 15 heteroatoms. The van der Waals surface area contributed by atoms with Crippen LogP contribution in [0.1, 0.15) is 43.0 Å². The Morgan fingerprint density at radius 3 is 1.68 bits per heavy atom. The zero-order valence-corrected chi connectivity index (χ0v) is 33.4. The van der Waals surface area contributed by atoms with Gasteiger partial charge in [-0.25, -0.2) is 9.59 Å². The van der Waals surface area contributed by atoms with Crippen molar-refractivity contribution in [2.75, 3.05) is 13.2 Å². The molecule has 1 fully saturated rings. The number of nitrogens with zero attached hydrogens (tertiary/aromatic N) is 4.